The number of aromatic nitrogens is 1. The maximum absolute atomic E-state index is 11.7. The summed E-state index contributed by atoms with van der Waals surface area (Å²) in [6.45, 7) is 4.14. The van der Waals surface area contributed by atoms with Crippen molar-refractivity contribution in [3.8, 4) is 0 Å². The Morgan fingerprint density at radius 2 is 2.38 bits per heavy atom. The molecular formula is C10H16N2O2S2. The summed E-state index contributed by atoms with van der Waals surface area (Å²) in [4.78, 5) is 7.43. The van der Waals surface area contributed by atoms with Gasteiger partial charge in [-0.05, 0) is 19.9 Å². The molecule has 6 heteroatoms. The second-order valence-corrected chi connectivity index (χ2v) is 7.72. The second-order valence-electron chi connectivity index (χ2n) is 4.21. The Bertz CT molecular complexity index is 428. The van der Waals surface area contributed by atoms with Crippen molar-refractivity contribution < 1.29 is 8.42 Å². The lowest BCUT2D eigenvalue weighted by atomic mass is 10.3. The quantitative estimate of drug-likeness (QED) is 0.800. The van der Waals surface area contributed by atoms with Crippen LogP contribution in [0.4, 0.5) is 0 Å². The van der Waals surface area contributed by atoms with Crippen molar-refractivity contribution in [2.75, 3.05) is 18.8 Å². The van der Waals surface area contributed by atoms with E-state index in [1.165, 1.54) is 4.88 Å². The highest BCUT2D eigenvalue weighted by molar-refractivity contribution is 7.92. The first-order valence-corrected chi connectivity index (χ1v) is 7.99. The molecule has 16 heavy (non-hydrogen) atoms. The second kappa shape index (κ2) is 4.81. The zero-order chi connectivity index (χ0) is 11.6. The summed E-state index contributed by atoms with van der Waals surface area (Å²) in [6, 6.07) is 0. The Morgan fingerprint density at radius 1 is 1.56 bits per heavy atom. The predicted molar refractivity (Wildman–Crippen MR) is 65.3 cm³/mol. The topological polar surface area (TPSA) is 50.3 Å². The van der Waals surface area contributed by atoms with Crippen molar-refractivity contribution in [2.45, 2.75) is 25.1 Å². The van der Waals surface area contributed by atoms with Gasteiger partial charge in [0.1, 0.15) is 0 Å². The number of rotatable bonds is 2. The lowest BCUT2D eigenvalue weighted by molar-refractivity contribution is 0.286. The number of thiazole rings is 1. The third-order valence-corrected chi connectivity index (χ3v) is 6.00. The van der Waals surface area contributed by atoms with E-state index < -0.39 is 9.84 Å². The Kier molecular flexibility index (Phi) is 3.61. The Labute approximate surface area is 100 Å². The molecule has 1 aliphatic heterocycles. The van der Waals surface area contributed by atoms with Crippen LogP contribution in [0, 0.1) is 0 Å². The minimum Gasteiger partial charge on any atom is -0.297 e. The van der Waals surface area contributed by atoms with E-state index in [9.17, 15) is 8.42 Å². The monoisotopic (exact) mass is 260 g/mol. The van der Waals surface area contributed by atoms with Crippen LogP contribution < -0.4 is 0 Å². The minimum absolute atomic E-state index is 0.195. The number of nitrogens with zero attached hydrogens (tertiary/aromatic N) is 2. The highest BCUT2D eigenvalue weighted by atomic mass is 32.2. The molecule has 2 heterocycles. The molecule has 4 nitrogen and oxygen atoms in total. The number of sulfone groups is 1. The molecule has 0 radical (unpaired) electrons. The molecule has 0 unspecified atom stereocenters. The van der Waals surface area contributed by atoms with Gasteiger partial charge < -0.3 is 0 Å². The molecule has 2 rings (SSSR count). The largest absolute Gasteiger partial charge is 0.297 e. The lowest BCUT2D eigenvalue weighted by Gasteiger charge is -2.17. The molecular weight excluding hydrogens is 244 g/mol. The van der Waals surface area contributed by atoms with Gasteiger partial charge in [-0.2, -0.15) is 0 Å². The summed E-state index contributed by atoms with van der Waals surface area (Å²) in [5.41, 5.74) is 1.81. The van der Waals surface area contributed by atoms with Crippen LogP contribution in [0.1, 0.15) is 18.2 Å². The fraction of sp³-hybridized carbons (Fsp3) is 0.700. The van der Waals surface area contributed by atoms with Crippen LogP contribution in [-0.2, 0) is 16.4 Å². The lowest BCUT2D eigenvalue weighted by Crippen LogP contribution is -2.26. The molecule has 1 fully saturated rings. The maximum atomic E-state index is 11.7. The van der Waals surface area contributed by atoms with Crippen molar-refractivity contribution >= 4 is 21.2 Å². The van der Waals surface area contributed by atoms with Crippen LogP contribution in [-0.4, -0.2) is 42.4 Å². The van der Waals surface area contributed by atoms with Crippen LogP contribution in [0.5, 0.6) is 0 Å². The van der Waals surface area contributed by atoms with E-state index in [0.717, 1.165) is 19.5 Å². The molecule has 0 bridgehead atoms. The molecule has 1 atom stereocenters. The molecule has 1 aromatic rings. The molecule has 1 saturated heterocycles. The van der Waals surface area contributed by atoms with E-state index in [-0.39, 0.29) is 11.0 Å². The van der Waals surface area contributed by atoms with Crippen LogP contribution >= 0.6 is 11.3 Å². The summed E-state index contributed by atoms with van der Waals surface area (Å²) < 4.78 is 23.4. The van der Waals surface area contributed by atoms with Gasteiger partial charge in [0.15, 0.2) is 9.84 Å². The Hall–Kier alpha value is -0.460. The molecule has 0 aromatic carbocycles. The standard InChI is InChI=1S/C10H16N2O2S2/c1-9-2-3-12(4-5-16(9,13)14)7-10-6-11-8-15-10/h6,8-9H,2-5,7H2,1H3/t9-/m0/s1. The fourth-order valence-corrected chi connectivity index (χ4v) is 3.83. The summed E-state index contributed by atoms with van der Waals surface area (Å²) in [7, 11) is -2.86. The summed E-state index contributed by atoms with van der Waals surface area (Å²) in [5, 5.41) is -0.195. The highest BCUT2D eigenvalue weighted by Crippen LogP contribution is 2.16. The molecule has 0 spiro atoms. The van der Waals surface area contributed by atoms with Gasteiger partial charge in [-0.3, -0.25) is 9.88 Å². The minimum atomic E-state index is -2.86. The van der Waals surface area contributed by atoms with E-state index in [1.807, 2.05) is 18.6 Å². The average Bonchev–Trinajstić information content (AvgIpc) is 2.70. The highest BCUT2D eigenvalue weighted by Gasteiger charge is 2.26. The molecule has 1 aromatic heterocycles. The zero-order valence-corrected chi connectivity index (χ0v) is 10.9. The third kappa shape index (κ3) is 2.81. The van der Waals surface area contributed by atoms with Crippen LogP contribution in [0.2, 0.25) is 0 Å². The summed E-state index contributed by atoms with van der Waals surface area (Å²) in [5.74, 6) is 0.285. The van der Waals surface area contributed by atoms with Gasteiger partial charge in [0, 0.05) is 24.2 Å². The van der Waals surface area contributed by atoms with Crippen molar-refractivity contribution in [2.24, 2.45) is 0 Å². The maximum Gasteiger partial charge on any atom is 0.154 e. The Balaban J connectivity index is 1.99. The van der Waals surface area contributed by atoms with Crippen molar-refractivity contribution in [3.05, 3.63) is 16.6 Å². The van der Waals surface area contributed by atoms with Gasteiger partial charge in [0.2, 0.25) is 0 Å². The smallest absolute Gasteiger partial charge is 0.154 e. The fourth-order valence-electron chi connectivity index (χ4n) is 1.81. The van der Waals surface area contributed by atoms with E-state index in [0.29, 0.717) is 6.54 Å². The van der Waals surface area contributed by atoms with E-state index in [1.54, 1.807) is 11.3 Å². The van der Waals surface area contributed by atoms with Crippen molar-refractivity contribution in [1.82, 2.24) is 9.88 Å². The van der Waals surface area contributed by atoms with Gasteiger partial charge in [0.25, 0.3) is 0 Å². The molecule has 0 amide bonds. The van der Waals surface area contributed by atoms with Gasteiger partial charge in [0.05, 0.1) is 16.5 Å². The molecule has 1 aliphatic rings. The first-order valence-electron chi connectivity index (χ1n) is 5.39. The van der Waals surface area contributed by atoms with Gasteiger partial charge in [-0.25, -0.2) is 8.42 Å². The average molecular weight is 260 g/mol. The van der Waals surface area contributed by atoms with Gasteiger partial charge in [-0.15, -0.1) is 11.3 Å². The van der Waals surface area contributed by atoms with E-state index in [4.69, 9.17) is 0 Å². The van der Waals surface area contributed by atoms with Crippen molar-refractivity contribution in [1.29, 1.82) is 0 Å². The predicted octanol–water partition coefficient (Wildman–Crippen LogP) is 1.15. The molecule has 0 N–H and O–H groups in total. The zero-order valence-electron chi connectivity index (χ0n) is 9.30. The molecule has 0 aliphatic carbocycles. The SMILES string of the molecule is C[C@H]1CCN(Cc2cncs2)CCS1(=O)=O. The molecule has 90 valence electrons. The van der Waals surface area contributed by atoms with Gasteiger partial charge in [-0.1, -0.05) is 0 Å². The Morgan fingerprint density at radius 3 is 3.06 bits per heavy atom. The van der Waals surface area contributed by atoms with Crippen molar-refractivity contribution in [3.63, 3.8) is 0 Å². The third-order valence-electron chi connectivity index (χ3n) is 3.02. The number of hydrogen-bond acceptors (Lipinski definition) is 5. The molecule has 0 saturated carbocycles. The van der Waals surface area contributed by atoms with Crippen LogP contribution in [0.25, 0.3) is 0 Å². The van der Waals surface area contributed by atoms with E-state index in [2.05, 4.69) is 9.88 Å². The van der Waals surface area contributed by atoms with Crippen LogP contribution in [0.3, 0.4) is 0 Å². The van der Waals surface area contributed by atoms with Crippen LogP contribution in [0.15, 0.2) is 11.7 Å². The summed E-state index contributed by atoms with van der Waals surface area (Å²) in [6.07, 6.45) is 2.59. The number of hydrogen-bond donors (Lipinski definition) is 0. The van der Waals surface area contributed by atoms with Gasteiger partial charge >= 0.3 is 0 Å². The van der Waals surface area contributed by atoms with E-state index >= 15 is 0 Å². The first-order chi connectivity index (χ1) is 7.58. The summed E-state index contributed by atoms with van der Waals surface area (Å²) >= 11 is 1.62. The first kappa shape index (κ1) is 12.0. The normalized spacial score (nSPS) is 26.4.